The average Bonchev–Trinajstić information content (AvgIpc) is 3.16. The van der Waals surface area contributed by atoms with Gasteiger partial charge in [-0.15, -0.1) is 0 Å². The first-order valence-electron chi connectivity index (χ1n) is 10.7. The Morgan fingerprint density at radius 1 is 1.09 bits per heavy atom. The van der Waals surface area contributed by atoms with Crippen LogP contribution in [0.1, 0.15) is 48.2 Å². The van der Waals surface area contributed by atoms with E-state index >= 15 is 0 Å². The highest BCUT2D eigenvalue weighted by Gasteiger charge is 2.27. The molecule has 5 nitrogen and oxygen atoms in total. The molecule has 0 bridgehead atoms. The van der Waals surface area contributed by atoms with E-state index in [0.717, 1.165) is 48.3 Å². The molecule has 172 valence electrons. The van der Waals surface area contributed by atoms with Gasteiger partial charge in [0.1, 0.15) is 0 Å². The summed E-state index contributed by atoms with van der Waals surface area (Å²) in [6.07, 6.45) is 4.80. The summed E-state index contributed by atoms with van der Waals surface area (Å²) in [5.41, 5.74) is 3.04. The van der Waals surface area contributed by atoms with E-state index in [1.165, 1.54) is 10.2 Å². The van der Waals surface area contributed by atoms with Crippen molar-refractivity contribution in [2.75, 3.05) is 0 Å². The maximum atomic E-state index is 13.1. The Balaban J connectivity index is 1.75. The second kappa shape index (κ2) is 10.6. The van der Waals surface area contributed by atoms with Gasteiger partial charge in [0.15, 0.2) is 5.69 Å². The first-order chi connectivity index (χ1) is 15.9. The molecule has 1 aliphatic carbocycles. The Labute approximate surface area is 214 Å². The lowest BCUT2D eigenvalue weighted by molar-refractivity contribution is -0.124. The topological polar surface area (TPSA) is 64.0 Å². The zero-order chi connectivity index (χ0) is 23.5. The molecule has 3 aromatic rings. The van der Waals surface area contributed by atoms with E-state index < -0.39 is 5.91 Å². The van der Waals surface area contributed by atoms with Crippen LogP contribution in [0, 0.1) is 12.8 Å². The quantitative estimate of drug-likeness (QED) is 0.327. The molecule has 9 heteroatoms. The van der Waals surface area contributed by atoms with Gasteiger partial charge in [-0.05, 0) is 75.1 Å². The molecule has 0 spiro atoms. The molecule has 0 atom stereocenters. The highest BCUT2D eigenvalue weighted by atomic mass is 79.9. The van der Waals surface area contributed by atoms with Crippen molar-refractivity contribution in [1.82, 2.24) is 15.1 Å². The van der Waals surface area contributed by atoms with E-state index in [1.807, 2.05) is 31.2 Å². The molecule has 1 aliphatic rings. The number of nitrogens with zero attached hydrogens (tertiary/aromatic N) is 2. The fourth-order valence-electron chi connectivity index (χ4n) is 4.18. The number of nitrogens with one attached hydrogen (secondary N) is 1. The fraction of sp³-hybridized carbons (Fsp3) is 0.292. The molecule has 0 radical (unpaired) electrons. The first kappa shape index (κ1) is 24.3. The SMILES string of the molecule is Cc1c(C(=O)NC(=O)C2CCCCC2)nn(-c2ccc(Cl)cc2Cl)c1-c1ccc(SBr)cc1. The van der Waals surface area contributed by atoms with E-state index in [1.54, 1.807) is 22.9 Å². The van der Waals surface area contributed by atoms with Gasteiger partial charge in [0.05, 0.1) is 16.4 Å². The zero-order valence-electron chi connectivity index (χ0n) is 17.9. The molecule has 1 heterocycles. The third kappa shape index (κ3) is 5.32. The lowest BCUT2D eigenvalue weighted by Gasteiger charge is -2.19. The Bertz CT molecular complexity index is 1190. The molecule has 33 heavy (non-hydrogen) atoms. The molecule has 4 rings (SSSR count). The summed E-state index contributed by atoms with van der Waals surface area (Å²) >= 11 is 16.0. The van der Waals surface area contributed by atoms with Crippen LogP contribution < -0.4 is 5.32 Å². The van der Waals surface area contributed by atoms with Crippen molar-refractivity contribution in [2.24, 2.45) is 5.92 Å². The van der Waals surface area contributed by atoms with Crippen molar-refractivity contribution in [3.05, 3.63) is 63.8 Å². The number of benzene rings is 2. The van der Waals surface area contributed by atoms with Gasteiger partial charge in [-0.25, -0.2) is 4.68 Å². The van der Waals surface area contributed by atoms with Crippen molar-refractivity contribution in [3.8, 4) is 16.9 Å². The first-order valence-corrected chi connectivity index (χ1v) is 14.1. The van der Waals surface area contributed by atoms with Gasteiger partial charge in [-0.1, -0.05) is 54.6 Å². The maximum Gasteiger partial charge on any atom is 0.278 e. The summed E-state index contributed by atoms with van der Waals surface area (Å²) < 4.78 is 1.64. The van der Waals surface area contributed by atoms with Crippen LogP contribution in [0.4, 0.5) is 0 Å². The minimum atomic E-state index is -0.499. The Hall–Kier alpha value is -1.80. The van der Waals surface area contributed by atoms with E-state index in [2.05, 4.69) is 25.2 Å². The van der Waals surface area contributed by atoms with Crippen LogP contribution in [0.2, 0.25) is 10.0 Å². The molecular formula is C24H22BrCl2N3O2S. The average molecular weight is 567 g/mol. The zero-order valence-corrected chi connectivity index (χ0v) is 21.8. The number of carbonyl (C=O) groups excluding carboxylic acids is 2. The Morgan fingerprint density at radius 2 is 1.79 bits per heavy atom. The minimum absolute atomic E-state index is 0.121. The van der Waals surface area contributed by atoms with E-state index in [0.29, 0.717) is 21.3 Å². The molecule has 2 amide bonds. The van der Waals surface area contributed by atoms with Crippen molar-refractivity contribution in [2.45, 2.75) is 43.9 Å². The molecule has 2 aromatic carbocycles. The lowest BCUT2D eigenvalue weighted by atomic mass is 9.88. The summed E-state index contributed by atoms with van der Waals surface area (Å²) in [6, 6.07) is 13.0. The molecule has 1 saturated carbocycles. The van der Waals surface area contributed by atoms with E-state index in [-0.39, 0.29) is 17.5 Å². The van der Waals surface area contributed by atoms with Crippen molar-refractivity contribution in [1.29, 1.82) is 0 Å². The van der Waals surface area contributed by atoms with Crippen LogP contribution in [0.3, 0.4) is 0 Å². The summed E-state index contributed by atoms with van der Waals surface area (Å²) in [6.45, 7) is 1.83. The third-order valence-electron chi connectivity index (χ3n) is 5.90. The summed E-state index contributed by atoms with van der Waals surface area (Å²) in [4.78, 5) is 26.8. The molecule has 0 aliphatic heterocycles. The van der Waals surface area contributed by atoms with Gasteiger partial charge in [0, 0.05) is 27.0 Å². The van der Waals surface area contributed by atoms with Gasteiger partial charge in [0.2, 0.25) is 5.91 Å². The number of carbonyl (C=O) groups is 2. The number of rotatable bonds is 5. The lowest BCUT2D eigenvalue weighted by Crippen LogP contribution is -2.37. The van der Waals surface area contributed by atoms with Crippen molar-refractivity contribution < 1.29 is 9.59 Å². The van der Waals surface area contributed by atoms with Crippen molar-refractivity contribution >= 4 is 60.0 Å². The molecule has 1 fully saturated rings. The number of halogens is 3. The highest BCUT2D eigenvalue weighted by Crippen LogP contribution is 2.34. The van der Waals surface area contributed by atoms with E-state index in [4.69, 9.17) is 23.2 Å². The molecule has 0 saturated heterocycles. The number of aromatic nitrogens is 2. The maximum absolute atomic E-state index is 13.1. The predicted octanol–water partition coefficient (Wildman–Crippen LogP) is 7.39. The van der Waals surface area contributed by atoms with E-state index in [9.17, 15) is 9.59 Å². The van der Waals surface area contributed by atoms with Crippen molar-refractivity contribution in [3.63, 3.8) is 0 Å². The smallest absolute Gasteiger partial charge is 0.278 e. The summed E-state index contributed by atoms with van der Waals surface area (Å²) in [5, 5.41) is 8.08. The Kier molecular flexibility index (Phi) is 7.84. The van der Waals surface area contributed by atoms with Crippen LogP contribution in [0.25, 0.3) is 16.9 Å². The second-order valence-electron chi connectivity index (χ2n) is 8.08. The van der Waals surface area contributed by atoms with Crippen LogP contribution in [-0.4, -0.2) is 21.6 Å². The number of hydrogen-bond donors (Lipinski definition) is 1. The number of hydrogen-bond acceptors (Lipinski definition) is 4. The number of imide groups is 1. The Morgan fingerprint density at radius 3 is 2.42 bits per heavy atom. The fourth-order valence-corrected chi connectivity index (χ4v) is 5.56. The van der Waals surface area contributed by atoms with Gasteiger partial charge in [-0.2, -0.15) is 5.10 Å². The van der Waals surface area contributed by atoms with Gasteiger partial charge >= 0.3 is 0 Å². The van der Waals surface area contributed by atoms with Crippen LogP contribution in [0.5, 0.6) is 0 Å². The number of amides is 2. The monoisotopic (exact) mass is 565 g/mol. The normalized spacial score (nSPS) is 14.3. The molecule has 0 unspecified atom stereocenters. The second-order valence-corrected chi connectivity index (χ2v) is 10.5. The predicted molar refractivity (Wildman–Crippen MR) is 138 cm³/mol. The summed E-state index contributed by atoms with van der Waals surface area (Å²) in [5.74, 6) is -0.844. The summed E-state index contributed by atoms with van der Waals surface area (Å²) in [7, 11) is 1.46. The molecule has 1 aromatic heterocycles. The van der Waals surface area contributed by atoms with Gasteiger partial charge in [0.25, 0.3) is 5.91 Å². The largest absolute Gasteiger partial charge is 0.291 e. The van der Waals surface area contributed by atoms with Gasteiger partial charge in [-0.3, -0.25) is 14.9 Å². The standard InChI is InChI=1S/C24H22BrCl2N3O2S/c1-14-21(24(32)28-23(31)16-5-3-2-4-6-16)29-30(20-12-9-17(26)13-19(20)27)22(14)15-7-10-18(33-25)11-8-15/h7-13,16H,2-6H2,1H3,(H,28,31,32). The molecule has 1 N–H and O–H groups in total. The van der Waals surface area contributed by atoms with Crippen LogP contribution in [-0.2, 0) is 4.79 Å². The highest BCUT2D eigenvalue weighted by molar-refractivity contribution is 9.50. The van der Waals surface area contributed by atoms with Gasteiger partial charge < -0.3 is 0 Å². The minimum Gasteiger partial charge on any atom is -0.291 e. The van der Waals surface area contributed by atoms with Crippen LogP contribution in [0.15, 0.2) is 47.4 Å². The third-order valence-corrected chi connectivity index (χ3v) is 8.01. The molecular weight excluding hydrogens is 545 g/mol. The van der Waals surface area contributed by atoms with Crippen LogP contribution >= 0.6 is 48.2 Å².